The van der Waals surface area contributed by atoms with Crippen LogP contribution in [0.3, 0.4) is 0 Å². The first-order valence-corrected chi connectivity index (χ1v) is 10.2. The first-order valence-electron chi connectivity index (χ1n) is 10.2. The second-order valence-corrected chi connectivity index (χ2v) is 7.39. The molecule has 0 aromatic heterocycles. The summed E-state index contributed by atoms with van der Waals surface area (Å²) < 4.78 is 11.5. The average Bonchev–Trinajstić information content (AvgIpc) is 2.97. The third-order valence-corrected chi connectivity index (χ3v) is 4.81. The molecule has 1 amide bonds. The lowest BCUT2D eigenvalue weighted by Gasteiger charge is -2.16. The fourth-order valence-electron chi connectivity index (χ4n) is 2.98. The Labute approximate surface area is 178 Å². The number of hydrogen-bond donors (Lipinski definition) is 2. The Morgan fingerprint density at radius 2 is 1.87 bits per heavy atom. The SMILES string of the molecule is Cc1ccccc1CN=C(NCCC(=O)N(C)C)Nc1ccc2c(c1)OCCCO2. The summed E-state index contributed by atoms with van der Waals surface area (Å²) in [5, 5.41) is 6.58. The minimum absolute atomic E-state index is 0.0660. The summed E-state index contributed by atoms with van der Waals surface area (Å²) in [5.74, 6) is 2.15. The van der Waals surface area contributed by atoms with E-state index in [9.17, 15) is 4.79 Å². The Balaban J connectivity index is 1.73. The van der Waals surface area contributed by atoms with E-state index in [2.05, 4.69) is 29.7 Å². The molecule has 0 bridgehead atoms. The number of carbonyl (C=O) groups is 1. The number of aryl methyl sites for hydroxylation is 1. The lowest BCUT2D eigenvalue weighted by atomic mass is 10.1. The van der Waals surface area contributed by atoms with Crippen LogP contribution in [0.15, 0.2) is 47.5 Å². The minimum atomic E-state index is 0.0660. The van der Waals surface area contributed by atoms with E-state index in [1.54, 1.807) is 19.0 Å². The quantitative estimate of drug-likeness (QED) is 0.565. The Morgan fingerprint density at radius 1 is 1.10 bits per heavy atom. The zero-order valence-corrected chi connectivity index (χ0v) is 17.9. The van der Waals surface area contributed by atoms with Crippen molar-refractivity contribution >= 4 is 17.6 Å². The van der Waals surface area contributed by atoms with Gasteiger partial charge in [-0.25, -0.2) is 4.99 Å². The fourth-order valence-corrected chi connectivity index (χ4v) is 2.98. The highest BCUT2D eigenvalue weighted by Crippen LogP contribution is 2.32. The topological polar surface area (TPSA) is 75.2 Å². The Kier molecular flexibility index (Phi) is 7.54. The summed E-state index contributed by atoms with van der Waals surface area (Å²) in [6.45, 7) is 4.39. The summed E-state index contributed by atoms with van der Waals surface area (Å²) in [6.07, 6.45) is 1.25. The van der Waals surface area contributed by atoms with Crippen LogP contribution in [0.2, 0.25) is 0 Å². The number of ether oxygens (including phenoxy) is 2. The largest absolute Gasteiger partial charge is 0.490 e. The van der Waals surface area contributed by atoms with E-state index in [0.29, 0.717) is 38.7 Å². The monoisotopic (exact) mass is 410 g/mol. The number of nitrogens with one attached hydrogen (secondary N) is 2. The minimum Gasteiger partial charge on any atom is -0.490 e. The summed E-state index contributed by atoms with van der Waals surface area (Å²) >= 11 is 0. The van der Waals surface area contributed by atoms with Gasteiger partial charge in [0.25, 0.3) is 0 Å². The predicted molar refractivity (Wildman–Crippen MR) is 119 cm³/mol. The predicted octanol–water partition coefficient (Wildman–Crippen LogP) is 3.19. The van der Waals surface area contributed by atoms with E-state index < -0.39 is 0 Å². The lowest BCUT2D eigenvalue weighted by Crippen LogP contribution is -2.34. The molecule has 1 heterocycles. The highest BCUT2D eigenvalue weighted by Gasteiger charge is 2.12. The van der Waals surface area contributed by atoms with Gasteiger partial charge in [-0.2, -0.15) is 0 Å². The highest BCUT2D eigenvalue weighted by molar-refractivity contribution is 5.94. The fraction of sp³-hybridized carbons (Fsp3) is 0.391. The maximum Gasteiger partial charge on any atom is 0.223 e. The standard InChI is InChI=1S/C23H30N4O3/c1-17-7-4-5-8-18(17)16-25-23(24-12-11-22(28)27(2)3)26-19-9-10-20-21(15-19)30-14-6-13-29-20/h4-5,7-10,15H,6,11-14,16H2,1-3H3,(H2,24,25,26). The maximum absolute atomic E-state index is 11.9. The molecule has 0 fully saturated rings. The zero-order valence-electron chi connectivity index (χ0n) is 17.9. The molecule has 0 saturated heterocycles. The molecule has 2 N–H and O–H groups in total. The number of nitrogens with zero attached hydrogens (tertiary/aromatic N) is 2. The van der Waals surface area contributed by atoms with Crippen LogP contribution in [-0.4, -0.2) is 50.6 Å². The molecule has 0 saturated carbocycles. The van der Waals surface area contributed by atoms with Crippen LogP contribution < -0.4 is 20.1 Å². The number of amides is 1. The number of rotatable bonds is 6. The van der Waals surface area contributed by atoms with Gasteiger partial charge in [0, 0.05) is 45.2 Å². The van der Waals surface area contributed by atoms with Crippen LogP contribution >= 0.6 is 0 Å². The van der Waals surface area contributed by atoms with Crippen LogP contribution in [0.1, 0.15) is 24.0 Å². The van der Waals surface area contributed by atoms with Crippen molar-refractivity contribution in [2.75, 3.05) is 39.2 Å². The number of guanidine groups is 1. The number of fused-ring (bicyclic) bond motifs is 1. The third kappa shape index (κ3) is 6.14. The number of anilines is 1. The molecule has 7 heteroatoms. The number of benzene rings is 2. The summed E-state index contributed by atoms with van der Waals surface area (Å²) in [7, 11) is 3.51. The van der Waals surface area contributed by atoms with Crippen LogP contribution in [0.25, 0.3) is 0 Å². The van der Waals surface area contributed by atoms with Crippen molar-refractivity contribution in [2.45, 2.75) is 26.3 Å². The molecule has 160 valence electrons. The van der Waals surface area contributed by atoms with Gasteiger partial charge in [-0.3, -0.25) is 4.79 Å². The van der Waals surface area contributed by atoms with Gasteiger partial charge in [-0.1, -0.05) is 24.3 Å². The lowest BCUT2D eigenvalue weighted by molar-refractivity contribution is -0.128. The number of hydrogen-bond acceptors (Lipinski definition) is 4. The van der Waals surface area contributed by atoms with Gasteiger partial charge in [0.15, 0.2) is 17.5 Å². The smallest absolute Gasteiger partial charge is 0.223 e. The molecule has 0 unspecified atom stereocenters. The van der Waals surface area contributed by atoms with Crippen LogP contribution in [0.5, 0.6) is 11.5 Å². The van der Waals surface area contributed by atoms with Gasteiger partial charge in [0.05, 0.1) is 19.8 Å². The second-order valence-electron chi connectivity index (χ2n) is 7.39. The van der Waals surface area contributed by atoms with Crippen LogP contribution in [0, 0.1) is 6.92 Å². The summed E-state index contributed by atoms with van der Waals surface area (Å²) in [4.78, 5) is 18.2. The van der Waals surface area contributed by atoms with Gasteiger partial charge in [0.1, 0.15) is 0 Å². The average molecular weight is 411 g/mol. The Morgan fingerprint density at radius 3 is 2.63 bits per heavy atom. The number of aliphatic imine (C=N–C) groups is 1. The zero-order chi connectivity index (χ0) is 21.3. The van der Waals surface area contributed by atoms with Crippen molar-refractivity contribution in [2.24, 2.45) is 4.99 Å². The molecule has 0 spiro atoms. The van der Waals surface area contributed by atoms with Gasteiger partial charge in [-0.05, 0) is 30.2 Å². The van der Waals surface area contributed by atoms with Crippen LogP contribution in [0.4, 0.5) is 5.69 Å². The molecule has 7 nitrogen and oxygen atoms in total. The summed E-state index contributed by atoms with van der Waals surface area (Å²) in [5.41, 5.74) is 3.19. The molecular weight excluding hydrogens is 380 g/mol. The Hall–Kier alpha value is -3.22. The van der Waals surface area contributed by atoms with Crippen molar-refractivity contribution in [1.29, 1.82) is 0 Å². The van der Waals surface area contributed by atoms with E-state index in [0.717, 1.165) is 29.2 Å². The molecule has 0 radical (unpaired) electrons. The molecule has 2 aromatic carbocycles. The molecule has 1 aliphatic heterocycles. The normalized spacial score (nSPS) is 13.4. The van der Waals surface area contributed by atoms with Crippen molar-refractivity contribution in [3.8, 4) is 11.5 Å². The van der Waals surface area contributed by atoms with Crippen LogP contribution in [-0.2, 0) is 11.3 Å². The van der Waals surface area contributed by atoms with Crippen molar-refractivity contribution in [3.05, 3.63) is 53.6 Å². The molecule has 0 atom stereocenters. The Bertz CT molecular complexity index is 896. The van der Waals surface area contributed by atoms with Gasteiger partial charge >= 0.3 is 0 Å². The van der Waals surface area contributed by atoms with Crippen molar-refractivity contribution in [1.82, 2.24) is 10.2 Å². The number of carbonyl (C=O) groups excluding carboxylic acids is 1. The van der Waals surface area contributed by atoms with E-state index in [4.69, 9.17) is 14.5 Å². The molecular formula is C23H30N4O3. The van der Waals surface area contributed by atoms with Crippen molar-refractivity contribution < 1.29 is 14.3 Å². The van der Waals surface area contributed by atoms with E-state index in [-0.39, 0.29) is 5.91 Å². The molecule has 0 aliphatic carbocycles. The summed E-state index contributed by atoms with van der Waals surface area (Å²) in [6, 6.07) is 13.9. The second kappa shape index (κ2) is 10.5. The molecule has 2 aromatic rings. The van der Waals surface area contributed by atoms with E-state index in [1.807, 2.05) is 30.3 Å². The van der Waals surface area contributed by atoms with Gasteiger partial charge in [-0.15, -0.1) is 0 Å². The highest BCUT2D eigenvalue weighted by atomic mass is 16.5. The molecule has 30 heavy (non-hydrogen) atoms. The molecule has 1 aliphatic rings. The van der Waals surface area contributed by atoms with Crippen molar-refractivity contribution in [3.63, 3.8) is 0 Å². The van der Waals surface area contributed by atoms with Gasteiger partial charge in [0.2, 0.25) is 5.91 Å². The maximum atomic E-state index is 11.9. The first kappa shape index (κ1) is 21.5. The first-order chi connectivity index (χ1) is 14.5. The third-order valence-electron chi connectivity index (χ3n) is 4.81. The molecule has 3 rings (SSSR count). The van der Waals surface area contributed by atoms with Gasteiger partial charge < -0.3 is 25.0 Å². The van der Waals surface area contributed by atoms with E-state index >= 15 is 0 Å². The van der Waals surface area contributed by atoms with E-state index in [1.165, 1.54) is 5.56 Å².